The van der Waals surface area contributed by atoms with Gasteiger partial charge in [0.05, 0.1) is 18.4 Å². The first-order chi connectivity index (χ1) is 9.43. The zero-order valence-electron chi connectivity index (χ0n) is 12.1. The molecule has 1 fully saturated rings. The van der Waals surface area contributed by atoms with Gasteiger partial charge in [0, 0.05) is 24.7 Å². The van der Waals surface area contributed by atoms with Crippen LogP contribution in [-0.4, -0.2) is 36.7 Å². The number of anilines is 1. The van der Waals surface area contributed by atoms with E-state index in [0.717, 1.165) is 37.4 Å². The van der Waals surface area contributed by atoms with E-state index in [4.69, 9.17) is 15.9 Å². The van der Waals surface area contributed by atoms with Crippen LogP contribution in [0.4, 0.5) is 5.69 Å². The summed E-state index contributed by atoms with van der Waals surface area (Å²) in [6.07, 6.45) is 2.42. The lowest BCUT2D eigenvalue weighted by molar-refractivity contribution is 0.0481. The average Bonchev–Trinajstić information content (AvgIpc) is 2.58. The zero-order valence-corrected chi connectivity index (χ0v) is 12.1. The smallest absolute Gasteiger partial charge is 0.124 e. The van der Waals surface area contributed by atoms with Crippen LogP contribution in [0.25, 0.3) is 0 Å². The summed E-state index contributed by atoms with van der Waals surface area (Å²) >= 11 is 0. The van der Waals surface area contributed by atoms with Crippen LogP contribution in [0, 0.1) is 5.41 Å². The number of methoxy groups -OCH3 is 1. The molecule has 1 saturated heterocycles. The summed E-state index contributed by atoms with van der Waals surface area (Å²) < 4.78 is 5.27. The number of benzene rings is 1. The number of ether oxygens (including phenoxy) is 1. The topological polar surface area (TPSA) is 82.6 Å². The van der Waals surface area contributed by atoms with Gasteiger partial charge in [-0.1, -0.05) is 0 Å². The van der Waals surface area contributed by atoms with Crippen molar-refractivity contribution in [1.82, 2.24) is 0 Å². The Labute approximate surface area is 119 Å². The number of nitrogen functional groups attached to an aromatic ring is 1. The van der Waals surface area contributed by atoms with Crippen LogP contribution in [0.1, 0.15) is 31.7 Å². The van der Waals surface area contributed by atoms with Crippen LogP contribution in [-0.2, 0) is 0 Å². The maximum absolute atomic E-state index is 10.2. The molecular weight excluding hydrogens is 254 g/mol. The van der Waals surface area contributed by atoms with Crippen molar-refractivity contribution in [2.75, 3.05) is 25.1 Å². The molecule has 0 radical (unpaired) electrons. The lowest BCUT2D eigenvalue weighted by Crippen LogP contribution is -2.30. The Balaban J connectivity index is 2.32. The van der Waals surface area contributed by atoms with Crippen molar-refractivity contribution in [3.05, 3.63) is 23.8 Å². The summed E-state index contributed by atoms with van der Waals surface area (Å²) in [6.45, 7) is 3.48. The summed E-state index contributed by atoms with van der Waals surface area (Å²) in [5, 5.41) is 17.9. The van der Waals surface area contributed by atoms with Gasteiger partial charge in [0.2, 0.25) is 0 Å². The fraction of sp³-hybridized carbons (Fsp3) is 0.533. The molecule has 0 aliphatic carbocycles. The largest absolute Gasteiger partial charge is 0.497 e. The highest BCUT2D eigenvalue weighted by Gasteiger charge is 2.26. The number of hydrogen-bond donors (Lipinski definition) is 3. The second-order valence-electron chi connectivity index (χ2n) is 5.63. The predicted octanol–water partition coefficient (Wildman–Crippen LogP) is 1.72. The molecule has 1 atom stereocenters. The molecule has 1 aromatic carbocycles. The van der Waals surface area contributed by atoms with Gasteiger partial charge in [0.1, 0.15) is 11.6 Å². The van der Waals surface area contributed by atoms with Crippen molar-refractivity contribution in [3.63, 3.8) is 0 Å². The average molecular weight is 277 g/mol. The van der Waals surface area contributed by atoms with Gasteiger partial charge in [0.15, 0.2) is 0 Å². The third-order valence-corrected chi connectivity index (χ3v) is 3.90. The van der Waals surface area contributed by atoms with Crippen molar-refractivity contribution >= 4 is 11.5 Å². The molecule has 20 heavy (non-hydrogen) atoms. The molecule has 1 aromatic rings. The Hall–Kier alpha value is -1.75. The Bertz CT molecular complexity index is 500. The van der Waals surface area contributed by atoms with Crippen LogP contribution < -0.4 is 15.4 Å². The highest BCUT2D eigenvalue weighted by molar-refractivity contribution is 6.00. The van der Waals surface area contributed by atoms with Crippen LogP contribution in [0.15, 0.2) is 18.2 Å². The Morgan fingerprint density at radius 3 is 2.80 bits per heavy atom. The molecule has 5 nitrogen and oxygen atoms in total. The van der Waals surface area contributed by atoms with Gasteiger partial charge in [-0.15, -0.1) is 0 Å². The van der Waals surface area contributed by atoms with Crippen LogP contribution in [0.2, 0.25) is 0 Å². The van der Waals surface area contributed by atoms with E-state index in [1.54, 1.807) is 7.11 Å². The molecule has 110 valence electrons. The van der Waals surface area contributed by atoms with Gasteiger partial charge in [-0.2, -0.15) is 0 Å². The molecule has 1 aliphatic heterocycles. The molecule has 5 heteroatoms. The number of hydrogen-bond acceptors (Lipinski definition) is 4. The molecule has 0 bridgehead atoms. The summed E-state index contributed by atoms with van der Waals surface area (Å²) in [4.78, 5) is 2.18. The summed E-state index contributed by atoms with van der Waals surface area (Å²) in [6, 6.07) is 5.55. The monoisotopic (exact) mass is 277 g/mol. The quantitative estimate of drug-likeness (QED) is 0.580. The maximum atomic E-state index is 10.2. The minimum atomic E-state index is -0.607. The third-order valence-electron chi connectivity index (χ3n) is 3.90. The minimum absolute atomic E-state index is 0.0543. The SMILES string of the molecule is COc1ccc(C(=N)N)c(N2CCCC(C)(O)CC2)c1. The number of aliphatic hydroxyl groups is 1. The number of nitrogens with zero attached hydrogens (tertiary/aromatic N) is 1. The number of nitrogens with one attached hydrogen (secondary N) is 1. The molecule has 0 saturated carbocycles. The van der Waals surface area contributed by atoms with E-state index < -0.39 is 5.60 Å². The molecule has 0 amide bonds. The lowest BCUT2D eigenvalue weighted by Gasteiger charge is -2.26. The molecule has 0 aromatic heterocycles. The zero-order chi connectivity index (χ0) is 14.8. The first kappa shape index (κ1) is 14.7. The van der Waals surface area contributed by atoms with Gasteiger partial charge >= 0.3 is 0 Å². The molecule has 0 spiro atoms. The molecule has 2 rings (SSSR count). The van der Waals surface area contributed by atoms with Crippen LogP contribution >= 0.6 is 0 Å². The maximum Gasteiger partial charge on any atom is 0.124 e. The Kier molecular flexibility index (Phi) is 4.18. The Morgan fingerprint density at radius 1 is 1.40 bits per heavy atom. The van der Waals surface area contributed by atoms with Gasteiger partial charge in [-0.25, -0.2) is 0 Å². The molecule has 4 N–H and O–H groups in total. The molecular formula is C15H23N3O2. The van der Waals surface area contributed by atoms with Gasteiger partial charge < -0.3 is 20.5 Å². The Morgan fingerprint density at radius 2 is 2.15 bits per heavy atom. The first-order valence-electron chi connectivity index (χ1n) is 6.93. The number of rotatable bonds is 3. The van der Waals surface area contributed by atoms with E-state index in [1.807, 2.05) is 25.1 Å². The van der Waals surface area contributed by atoms with E-state index in [2.05, 4.69) is 4.90 Å². The van der Waals surface area contributed by atoms with Gasteiger partial charge in [0.25, 0.3) is 0 Å². The van der Waals surface area contributed by atoms with Crippen molar-refractivity contribution in [2.24, 2.45) is 5.73 Å². The van der Waals surface area contributed by atoms with E-state index in [-0.39, 0.29) is 5.84 Å². The third kappa shape index (κ3) is 3.22. The fourth-order valence-electron chi connectivity index (χ4n) is 2.63. The summed E-state index contributed by atoms with van der Waals surface area (Å²) in [5.74, 6) is 0.805. The van der Waals surface area contributed by atoms with Gasteiger partial charge in [-0.3, -0.25) is 5.41 Å². The number of amidine groups is 1. The second kappa shape index (κ2) is 5.71. The second-order valence-corrected chi connectivity index (χ2v) is 5.63. The number of nitrogens with two attached hydrogens (primary N) is 1. The molecule has 1 aliphatic rings. The van der Waals surface area contributed by atoms with Gasteiger partial charge in [-0.05, 0) is 38.3 Å². The van der Waals surface area contributed by atoms with Crippen molar-refractivity contribution < 1.29 is 9.84 Å². The first-order valence-corrected chi connectivity index (χ1v) is 6.93. The fourth-order valence-corrected chi connectivity index (χ4v) is 2.63. The standard InChI is InChI=1S/C15H23N3O2/c1-15(19)6-3-8-18(9-7-15)13-10-11(20-2)4-5-12(13)14(16)17/h4-5,10,19H,3,6-9H2,1-2H3,(H3,16,17). The highest BCUT2D eigenvalue weighted by Crippen LogP contribution is 2.30. The van der Waals surface area contributed by atoms with E-state index >= 15 is 0 Å². The van der Waals surface area contributed by atoms with E-state index in [1.165, 1.54) is 0 Å². The predicted molar refractivity (Wildman–Crippen MR) is 80.7 cm³/mol. The van der Waals surface area contributed by atoms with Crippen LogP contribution in [0.3, 0.4) is 0 Å². The highest BCUT2D eigenvalue weighted by atomic mass is 16.5. The summed E-state index contributed by atoms with van der Waals surface area (Å²) in [7, 11) is 1.62. The minimum Gasteiger partial charge on any atom is -0.497 e. The van der Waals surface area contributed by atoms with E-state index in [9.17, 15) is 5.11 Å². The lowest BCUT2D eigenvalue weighted by atomic mass is 9.98. The summed E-state index contributed by atoms with van der Waals surface area (Å²) in [5.41, 5.74) is 6.69. The molecule has 1 heterocycles. The normalized spacial score (nSPS) is 23.2. The van der Waals surface area contributed by atoms with Crippen molar-refractivity contribution in [2.45, 2.75) is 31.8 Å². The van der Waals surface area contributed by atoms with E-state index in [0.29, 0.717) is 12.0 Å². The van der Waals surface area contributed by atoms with Crippen LogP contribution in [0.5, 0.6) is 5.75 Å². The van der Waals surface area contributed by atoms with Crippen molar-refractivity contribution in [1.29, 1.82) is 5.41 Å². The molecule has 1 unspecified atom stereocenters. The van der Waals surface area contributed by atoms with Crippen molar-refractivity contribution in [3.8, 4) is 5.75 Å².